The van der Waals surface area contributed by atoms with Gasteiger partial charge in [-0.1, -0.05) is 28.1 Å². The summed E-state index contributed by atoms with van der Waals surface area (Å²) in [4.78, 5) is 22.8. The van der Waals surface area contributed by atoms with E-state index in [0.29, 0.717) is 21.2 Å². The van der Waals surface area contributed by atoms with E-state index in [1.54, 1.807) is 18.2 Å². The van der Waals surface area contributed by atoms with Crippen molar-refractivity contribution in [3.05, 3.63) is 69.7 Å². The first-order valence-electron chi connectivity index (χ1n) is 7.33. The number of hydrogen-bond acceptors (Lipinski definition) is 4. The number of primary amides is 1. The molecule has 26 heavy (non-hydrogen) atoms. The van der Waals surface area contributed by atoms with Gasteiger partial charge in [0.05, 0.1) is 0 Å². The molecule has 0 saturated heterocycles. The third kappa shape index (κ3) is 5.96. The van der Waals surface area contributed by atoms with Gasteiger partial charge in [-0.25, -0.2) is 4.79 Å². The van der Waals surface area contributed by atoms with Gasteiger partial charge in [0.1, 0.15) is 12.4 Å². The summed E-state index contributed by atoms with van der Waals surface area (Å²) in [7, 11) is 0. The van der Waals surface area contributed by atoms with E-state index in [0.717, 1.165) is 6.08 Å². The highest BCUT2D eigenvalue weighted by Gasteiger charge is 2.09. The molecule has 0 radical (unpaired) electrons. The molecule has 0 aliphatic heterocycles. The minimum atomic E-state index is -2.97. The topological polar surface area (TPSA) is 78.6 Å². The lowest BCUT2D eigenvalue weighted by Crippen LogP contribution is -2.10. The molecule has 2 N–H and O–H groups in total. The van der Waals surface area contributed by atoms with Gasteiger partial charge in [-0.05, 0) is 42.0 Å². The van der Waals surface area contributed by atoms with E-state index >= 15 is 0 Å². The molecule has 2 rings (SSSR count). The first kappa shape index (κ1) is 19.6. The first-order chi connectivity index (χ1) is 12.3. The quantitative estimate of drug-likeness (QED) is 0.538. The van der Waals surface area contributed by atoms with Gasteiger partial charge in [-0.15, -0.1) is 0 Å². The molecule has 1 amide bonds. The number of esters is 1. The van der Waals surface area contributed by atoms with Gasteiger partial charge < -0.3 is 15.2 Å². The minimum Gasteiger partial charge on any atom is -0.458 e. The van der Waals surface area contributed by atoms with Crippen molar-refractivity contribution < 1.29 is 27.8 Å². The Morgan fingerprint density at radius 3 is 2.46 bits per heavy atom. The van der Waals surface area contributed by atoms with Gasteiger partial charge in [0.2, 0.25) is 5.91 Å². The summed E-state index contributed by atoms with van der Waals surface area (Å²) < 4.78 is 34.9. The van der Waals surface area contributed by atoms with E-state index < -0.39 is 18.5 Å². The highest BCUT2D eigenvalue weighted by atomic mass is 79.9. The summed E-state index contributed by atoms with van der Waals surface area (Å²) in [5.41, 5.74) is 6.45. The second-order valence-electron chi connectivity index (χ2n) is 5.06. The standard InChI is InChI=1S/C18H14BrF2NO4/c19-14-6-7-15(26-18(20)21)13(9-14)5-8-16(23)25-10-11-1-3-12(4-2-11)17(22)24/h1-9,18H,10H2,(H2,22,24)/b8-5+. The lowest BCUT2D eigenvalue weighted by molar-refractivity contribution is -0.138. The zero-order valence-electron chi connectivity index (χ0n) is 13.3. The smallest absolute Gasteiger partial charge is 0.387 e. The Kier molecular flexibility index (Phi) is 6.85. The van der Waals surface area contributed by atoms with Crippen LogP contribution < -0.4 is 10.5 Å². The van der Waals surface area contributed by atoms with Crippen molar-refractivity contribution in [3.8, 4) is 5.75 Å². The highest BCUT2D eigenvalue weighted by molar-refractivity contribution is 9.10. The Labute approximate surface area is 156 Å². The van der Waals surface area contributed by atoms with Gasteiger partial charge in [-0.2, -0.15) is 8.78 Å². The largest absolute Gasteiger partial charge is 0.458 e. The molecule has 0 aliphatic rings. The fraction of sp³-hybridized carbons (Fsp3) is 0.111. The lowest BCUT2D eigenvalue weighted by Gasteiger charge is -2.08. The maximum absolute atomic E-state index is 12.4. The van der Waals surface area contributed by atoms with E-state index in [2.05, 4.69) is 20.7 Å². The summed E-state index contributed by atoms with van der Waals surface area (Å²) in [5.74, 6) is -1.27. The van der Waals surface area contributed by atoms with Gasteiger partial charge in [0.25, 0.3) is 0 Å². The van der Waals surface area contributed by atoms with Gasteiger partial charge in [-0.3, -0.25) is 4.79 Å². The molecule has 136 valence electrons. The van der Waals surface area contributed by atoms with E-state index in [9.17, 15) is 18.4 Å². The van der Waals surface area contributed by atoms with Crippen LogP contribution in [0.5, 0.6) is 5.75 Å². The molecule has 0 aromatic heterocycles. The number of carbonyl (C=O) groups is 2. The Morgan fingerprint density at radius 2 is 1.85 bits per heavy atom. The third-order valence-corrected chi connectivity index (χ3v) is 3.70. The molecule has 0 aliphatic carbocycles. The van der Waals surface area contributed by atoms with Crippen molar-refractivity contribution in [2.45, 2.75) is 13.2 Å². The average molecular weight is 426 g/mol. The molecular formula is C18H14BrF2NO4. The van der Waals surface area contributed by atoms with Crippen molar-refractivity contribution in [2.75, 3.05) is 0 Å². The molecule has 5 nitrogen and oxygen atoms in total. The van der Waals surface area contributed by atoms with Crippen LogP contribution >= 0.6 is 15.9 Å². The monoisotopic (exact) mass is 425 g/mol. The van der Waals surface area contributed by atoms with Crippen molar-refractivity contribution >= 4 is 33.9 Å². The number of rotatable bonds is 7. The fourth-order valence-electron chi connectivity index (χ4n) is 1.98. The number of halogens is 3. The molecule has 0 fully saturated rings. The molecule has 8 heteroatoms. The van der Waals surface area contributed by atoms with Gasteiger partial charge >= 0.3 is 12.6 Å². The Hall–Kier alpha value is -2.74. The number of amides is 1. The van der Waals surface area contributed by atoms with Crippen LogP contribution in [-0.4, -0.2) is 18.5 Å². The second kappa shape index (κ2) is 9.10. The minimum absolute atomic E-state index is 0.0128. The van der Waals surface area contributed by atoms with Crippen LogP contribution in [0, 0.1) is 0 Å². The number of carbonyl (C=O) groups excluding carboxylic acids is 2. The van der Waals surface area contributed by atoms with E-state index in [-0.39, 0.29) is 12.4 Å². The van der Waals surface area contributed by atoms with Crippen molar-refractivity contribution in [1.29, 1.82) is 0 Å². The number of hydrogen-bond donors (Lipinski definition) is 1. The fourth-order valence-corrected chi connectivity index (χ4v) is 2.36. The van der Waals surface area contributed by atoms with Crippen molar-refractivity contribution in [1.82, 2.24) is 0 Å². The first-order valence-corrected chi connectivity index (χ1v) is 8.12. The predicted molar refractivity (Wildman–Crippen MR) is 94.6 cm³/mol. The van der Waals surface area contributed by atoms with Crippen LogP contribution in [0.4, 0.5) is 8.78 Å². The molecule has 0 bridgehead atoms. The molecule has 0 heterocycles. The zero-order valence-corrected chi connectivity index (χ0v) is 14.9. The predicted octanol–water partition coefficient (Wildman–Crippen LogP) is 3.91. The van der Waals surface area contributed by atoms with E-state index in [1.165, 1.54) is 30.3 Å². The maximum atomic E-state index is 12.4. The van der Waals surface area contributed by atoms with Gasteiger partial charge in [0.15, 0.2) is 0 Å². The van der Waals surface area contributed by atoms with Crippen LogP contribution in [0.15, 0.2) is 53.0 Å². The molecule has 0 atom stereocenters. The van der Waals surface area contributed by atoms with Crippen LogP contribution in [-0.2, 0) is 16.1 Å². The maximum Gasteiger partial charge on any atom is 0.387 e. The summed E-state index contributed by atoms with van der Waals surface area (Å²) in [5, 5.41) is 0. The SMILES string of the molecule is NC(=O)c1ccc(COC(=O)/C=C/c2cc(Br)ccc2OC(F)F)cc1. The normalized spacial score (nSPS) is 10.9. The van der Waals surface area contributed by atoms with Gasteiger partial charge in [0, 0.05) is 21.7 Å². The summed E-state index contributed by atoms with van der Waals surface area (Å²) in [6.45, 7) is -2.99. The van der Waals surface area contributed by atoms with Crippen molar-refractivity contribution in [2.24, 2.45) is 5.73 Å². The summed E-state index contributed by atoms with van der Waals surface area (Å²) in [6.07, 6.45) is 2.43. The zero-order chi connectivity index (χ0) is 19.1. The third-order valence-electron chi connectivity index (χ3n) is 3.21. The van der Waals surface area contributed by atoms with E-state index in [4.69, 9.17) is 10.5 Å². The average Bonchev–Trinajstić information content (AvgIpc) is 2.60. The van der Waals surface area contributed by atoms with E-state index in [1.807, 2.05) is 0 Å². The number of nitrogens with two attached hydrogens (primary N) is 1. The summed E-state index contributed by atoms with van der Waals surface area (Å²) in [6, 6.07) is 10.7. The Balaban J connectivity index is 1.99. The number of benzene rings is 2. The lowest BCUT2D eigenvalue weighted by atomic mass is 10.1. The molecule has 0 spiro atoms. The van der Waals surface area contributed by atoms with Crippen LogP contribution in [0.2, 0.25) is 0 Å². The van der Waals surface area contributed by atoms with Crippen molar-refractivity contribution in [3.63, 3.8) is 0 Å². The number of ether oxygens (including phenoxy) is 2. The second-order valence-corrected chi connectivity index (χ2v) is 5.98. The highest BCUT2D eigenvalue weighted by Crippen LogP contribution is 2.26. The molecule has 0 saturated carbocycles. The summed E-state index contributed by atoms with van der Waals surface area (Å²) >= 11 is 3.22. The van der Waals surface area contributed by atoms with Crippen LogP contribution in [0.1, 0.15) is 21.5 Å². The van der Waals surface area contributed by atoms with Crippen LogP contribution in [0.3, 0.4) is 0 Å². The molecular weight excluding hydrogens is 412 g/mol. The Morgan fingerprint density at radius 1 is 1.15 bits per heavy atom. The van der Waals surface area contributed by atoms with Crippen LogP contribution in [0.25, 0.3) is 6.08 Å². The number of alkyl halides is 2. The Bertz CT molecular complexity index is 822. The molecule has 2 aromatic rings. The molecule has 0 unspecified atom stereocenters. The molecule has 2 aromatic carbocycles.